The first-order chi connectivity index (χ1) is 7.47. The summed E-state index contributed by atoms with van der Waals surface area (Å²) in [5.74, 6) is -1.57. The minimum atomic E-state index is -1.99. The van der Waals surface area contributed by atoms with Crippen LogP contribution in [0.5, 0.6) is 0 Å². The number of aliphatic hydroxyl groups is 2. The minimum absolute atomic E-state index is 0.00935. The molecule has 6 heteroatoms. The van der Waals surface area contributed by atoms with Crippen molar-refractivity contribution in [2.24, 2.45) is 0 Å². The lowest BCUT2D eigenvalue weighted by atomic mass is 9.99. The number of carboxylic acids is 1. The average Bonchev–Trinajstić information content (AvgIpc) is 2.26. The number of nitriles is 1. The van der Waals surface area contributed by atoms with E-state index in [1.54, 1.807) is 6.07 Å². The highest BCUT2D eigenvalue weighted by Gasteiger charge is 2.27. The van der Waals surface area contributed by atoms with Crippen molar-refractivity contribution in [1.29, 1.82) is 5.26 Å². The predicted molar refractivity (Wildman–Crippen MR) is 54.8 cm³/mol. The van der Waals surface area contributed by atoms with Gasteiger partial charge in [-0.1, -0.05) is 11.6 Å². The Bertz CT molecular complexity index is 455. The Morgan fingerprint density at radius 2 is 2.06 bits per heavy atom. The number of carboxylic acid groups (broad SMARTS) is 1. The molecule has 0 aliphatic heterocycles. The van der Waals surface area contributed by atoms with Crippen molar-refractivity contribution < 1.29 is 20.1 Å². The van der Waals surface area contributed by atoms with Crippen LogP contribution in [0.25, 0.3) is 0 Å². The van der Waals surface area contributed by atoms with Crippen molar-refractivity contribution in [3.05, 3.63) is 34.3 Å². The summed E-state index contributed by atoms with van der Waals surface area (Å²) >= 11 is 5.65. The van der Waals surface area contributed by atoms with Crippen LogP contribution in [0, 0.1) is 11.3 Å². The van der Waals surface area contributed by atoms with Gasteiger partial charge < -0.3 is 15.3 Å². The van der Waals surface area contributed by atoms with Crippen LogP contribution in [-0.4, -0.2) is 27.4 Å². The quantitative estimate of drug-likeness (QED) is 0.723. The molecule has 5 nitrogen and oxygen atoms in total. The first-order valence-corrected chi connectivity index (χ1v) is 4.63. The lowest BCUT2D eigenvalue weighted by Crippen LogP contribution is -2.28. The summed E-state index contributed by atoms with van der Waals surface area (Å²) in [5.41, 5.74) is 0.0575. The van der Waals surface area contributed by atoms with Crippen LogP contribution in [-0.2, 0) is 4.79 Å². The number of rotatable bonds is 3. The second-order valence-corrected chi connectivity index (χ2v) is 3.51. The van der Waals surface area contributed by atoms with Gasteiger partial charge in [0.05, 0.1) is 11.6 Å². The number of nitrogens with zero attached hydrogens (tertiary/aromatic N) is 1. The summed E-state index contributed by atoms with van der Waals surface area (Å²) in [7, 11) is 0. The largest absolute Gasteiger partial charge is 0.479 e. The number of carbonyl (C=O) groups is 1. The first-order valence-electron chi connectivity index (χ1n) is 4.26. The Hall–Kier alpha value is -1.61. The van der Waals surface area contributed by atoms with E-state index in [0.717, 1.165) is 0 Å². The van der Waals surface area contributed by atoms with E-state index in [9.17, 15) is 9.90 Å². The van der Waals surface area contributed by atoms with E-state index in [1.165, 1.54) is 18.2 Å². The molecule has 0 saturated carbocycles. The van der Waals surface area contributed by atoms with Gasteiger partial charge in [-0.25, -0.2) is 4.79 Å². The van der Waals surface area contributed by atoms with Crippen molar-refractivity contribution in [2.45, 2.75) is 12.2 Å². The number of aliphatic carboxylic acids is 1. The standard InChI is InChI=1S/C10H8ClNO4/c11-6-2-1-5(4-12)7(3-6)8(13)9(14)10(15)16/h1-3,8-9,13-14H,(H,15,16). The van der Waals surface area contributed by atoms with Crippen molar-refractivity contribution in [3.8, 4) is 6.07 Å². The van der Waals surface area contributed by atoms with Crippen molar-refractivity contribution in [2.75, 3.05) is 0 Å². The fourth-order valence-electron chi connectivity index (χ4n) is 1.19. The molecule has 0 aliphatic carbocycles. The second-order valence-electron chi connectivity index (χ2n) is 3.07. The highest BCUT2D eigenvalue weighted by Crippen LogP contribution is 2.24. The molecule has 0 bridgehead atoms. The van der Waals surface area contributed by atoms with Crippen molar-refractivity contribution in [1.82, 2.24) is 0 Å². The Kier molecular flexibility index (Phi) is 3.85. The van der Waals surface area contributed by atoms with Crippen LogP contribution in [0.2, 0.25) is 5.02 Å². The van der Waals surface area contributed by atoms with E-state index in [0.29, 0.717) is 0 Å². The highest BCUT2D eigenvalue weighted by molar-refractivity contribution is 6.30. The summed E-state index contributed by atoms with van der Waals surface area (Å²) in [6.07, 6.45) is -3.68. The second kappa shape index (κ2) is 4.94. The number of halogens is 1. The Labute approximate surface area is 96.1 Å². The first kappa shape index (κ1) is 12.5. The summed E-state index contributed by atoms with van der Waals surface area (Å²) < 4.78 is 0. The maximum Gasteiger partial charge on any atom is 0.335 e. The Morgan fingerprint density at radius 1 is 1.44 bits per heavy atom. The molecule has 1 rings (SSSR count). The molecule has 0 aromatic heterocycles. The molecule has 0 heterocycles. The van der Waals surface area contributed by atoms with Crippen LogP contribution < -0.4 is 0 Å². The molecule has 2 unspecified atom stereocenters. The van der Waals surface area contributed by atoms with Gasteiger partial charge in [0.25, 0.3) is 0 Å². The summed E-state index contributed by atoms with van der Waals surface area (Å²) in [4.78, 5) is 10.5. The van der Waals surface area contributed by atoms with Crippen molar-refractivity contribution >= 4 is 17.6 Å². The summed E-state index contributed by atoms with van der Waals surface area (Å²) in [6.45, 7) is 0. The Morgan fingerprint density at radius 3 is 2.56 bits per heavy atom. The van der Waals surface area contributed by atoms with Crippen LogP contribution in [0.1, 0.15) is 17.2 Å². The highest BCUT2D eigenvalue weighted by atomic mass is 35.5. The van der Waals surface area contributed by atoms with Gasteiger partial charge in [0.2, 0.25) is 0 Å². The van der Waals surface area contributed by atoms with E-state index in [4.69, 9.17) is 27.1 Å². The van der Waals surface area contributed by atoms with Gasteiger partial charge in [-0.05, 0) is 18.2 Å². The van der Waals surface area contributed by atoms with Gasteiger partial charge in [0.15, 0.2) is 6.10 Å². The molecule has 0 fully saturated rings. The van der Waals surface area contributed by atoms with E-state index in [-0.39, 0.29) is 16.1 Å². The smallest absolute Gasteiger partial charge is 0.335 e. The van der Waals surface area contributed by atoms with E-state index < -0.39 is 18.2 Å². The molecule has 0 aliphatic rings. The third kappa shape index (κ3) is 2.49. The van der Waals surface area contributed by atoms with Gasteiger partial charge in [-0.3, -0.25) is 0 Å². The number of hydrogen-bond donors (Lipinski definition) is 3. The normalized spacial score (nSPS) is 13.9. The fourth-order valence-corrected chi connectivity index (χ4v) is 1.37. The van der Waals surface area contributed by atoms with Gasteiger partial charge in [-0.15, -0.1) is 0 Å². The zero-order valence-electron chi connectivity index (χ0n) is 7.96. The molecule has 2 atom stereocenters. The molecule has 0 radical (unpaired) electrons. The van der Waals surface area contributed by atoms with E-state index in [1.807, 2.05) is 0 Å². The molecule has 3 N–H and O–H groups in total. The zero-order valence-corrected chi connectivity index (χ0v) is 8.72. The fraction of sp³-hybridized carbons (Fsp3) is 0.200. The predicted octanol–water partition coefficient (Wildman–Crippen LogP) is 0.691. The zero-order chi connectivity index (χ0) is 12.3. The summed E-state index contributed by atoms with van der Waals surface area (Å²) in [6, 6.07) is 5.80. The van der Waals surface area contributed by atoms with Gasteiger partial charge in [-0.2, -0.15) is 5.26 Å². The van der Waals surface area contributed by atoms with Crippen LogP contribution in [0.4, 0.5) is 0 Å². The van der Waals surface area contributed by atoms with Crippen LogP contribution in [0.3, 0.4) is 0 Å². The average molecular weight is 242 g/mol. The third-order valence-electron chi connectivity index (χ3n) is 2.00. The number of hydrogen-bond acceptors (Lipinski definition) is 4. The molecule has 0 saturated heterocycles. The maximum absolute atomic E-state index is 10.5. The number of aliphatic hydroxyl groups excluding tert-OH is 2. The van der Waals surface area contributed by atoms with E-state index in [2.05, 4.69) is 0 Å². The monoisotopic (exact) mass is 241 g/mol. The van der Waals surface area contributed by atoms with E-state index >= 15 is 0 Å². The third-order valence-corrected chi connectivity index (χ3v) is 2.24. The minimum Gasteiger partial charge on any atom is -0.479 e. The van der Waals surface area contributed by atoms with Crippen LogP contribution in [0.15, 0.2) is 18.2 Å². The molecule has 0 spiro atoms. The lowest BCUT2D eigenvalue weighted by molar-refractivity contribution is -0.153. The SMILES string of the molecule is N#Cc1ccc(Cl)cc1C(O)C(O)C(=O)O. The Balaban J connectivity index is 3.17. The molecular weight excluding hydrogens is 234 g/mol. The van der Waals surface area contributed by atoms with Gasteiger partial charge >= 0.3 is 5.97 Å². The molecule has 1 aromatic rings. The summed E-state index contributed by atoms with van der Waals surface area (Å²) in [5, 5.41) is 36.2. The lowest BCUT2D eigenvalue weighted by Gasteiger charge is -2.15. The van der Waals surface area contributed by atoms with Gasteiger partial charge in [0, 0.05) is 10.6 Å². The molecule has 84 valence electrons. The topological polar surface area (TPSA) is 102 Å². The number of benzene rings is 1. The molecule has 0 amide bonds. The van der Waals surface area contributed by atoms with Crippen LogP contribution >= 0.6 is 11.6 Å². The molecule has 1 aromatic carbocycles. The molecule has 16 heavy (non-hydrogen) atoms. The van der Waals surface area contributed by atoms with Crippen molar-refractivity contribution in [3.63, 3.8) is 0 Å². The maximum atomic E-state index is 10.5. The van der Waals surface area contributed by atoms with Gasteiger partial charge in [0.1, 0.15) is 6.10 Å². The molecular formula is C10H8ClNO4.